The van der Waals surface area contributed by atoms with E-state index in [9.17, 15) is 4.79 Å². The molecule has 5 nitrogen and oxygen atoms in total. The van der Waals surface area contributed by atoms with Crippen molar-refractivity contribution in [1.82, 2.24) is 0 Å². The van der Waals surface area contributed by atoms with Gasteiger partial charge in [-0.25, -0.2) is 0 Å². The van der Waals surface area contributed by atoms with E-state index in [4.69, 9.17) is 14.2 Å². The van der Waals surface area contributed by atoms with Crippen molar-refractivity contribution in [1.29, 1.82) is 0 Å². The fourth-order valence-corrected chi connectivity index (χ4v) is 3.65. The second-order valence-corrected chi connectivity index (χ2v) is 6.81. The highest BCUT2D eigenvalue weighted by molar-refractivity contribution is 5.94. The van der Waals surface area contributed by atoms with Crippen LogP contribution < -0.4 is 19.1 Å². The second-order valence-electron chi connectivity index (χ2n) is 6.81. The molecule has 0 fully saturated rings. The number of hydrogen-bond acceptors (Lipinski definition) is 4. The lowest BCUT2D eigenvalue weighted by Crippen LogP contribution is -2.35. The van der Waals surface area contributed by atoms with Gasteiger partial charge in [0.25, 0.3) is 0 Å². The number of carbonyl (C=O) groups excluding carboxylic acids is 1. The van der Waals surface area contributed by atoms with Crippen molar-refractivity contribution in [3.63, 3.8) is 0 Å². The molecule has 0 aliphatic carbocycles. The van der Waals surface area contributed by atoms with Crippen LogP contribution in [0.5, 0.6) is 17.2 Å². The number of rotatable bonds is 6. The summed E-state index contributed by atoms with van der Waals surface area (Å²) in [5, 5.41) is 0. The van der Waals surface area contributed by atoms with Gasteiger partial charge in [0.2, 0.25) is 11.7 Å². The Morgan fingerprint density at radius 2 is 1.74 bits per heavy atom. The Labute approximate surface area is 160 Å². The molecule has 2 aromatic carbocycles. The quantitative estimate of drug-likeness (QED) is 0.774. The molecular weight excluding hydrogens is 342 g/mol. The molecule has 2 aromatic rings. The van der Waals surface area contributed by atoms with Crippen molar-refractivity contribution in [3.05, 3.63) is 47.0 Å². The molecule has 0 saturated heterocycles. The zero-order valence-corrected chi connectivity index (χ0v) is 16.5. The molecule has 5 heteroatoms. The lowest BCUT2D eigenvalue weighted by molar-refractivity contribution is -0.118. The van der Waals surface area contributed by atoms with E-state index in [1.807, 2.05) is 17.0 Å². The maximum Gasteiger partial charge on any atom is 0.227 e. The van der Waals surface area contributed by atoms with E-state index in [-0.39, 0.29) is 5.91 Å². The monoisotopic (exact) mass is 369 g/mol. The summed E-state index contributed by atoms with van der Waals surface area (Å²) < 4.78 is 16.2. The number of aryl methyl sites for hydroxylation is 3. The van der Waals surface area contributed by atoms with E-state index < -0.39 is 0 Å². The second kappa shape index (κ2) is 8.33. The van der Waals surface area contributed by atoms with E-state index in [0.717, 1.165) is 30.6 Å². The van der Waals surface area contributed by atoms with Crippen LogP contribution in [0.15, 0.2) is 30.3 Å². The molecule has 0 atom stereocenters. The van der Waals surface area contributed by atoms with Crippen LogP contribution in [0.3, 0.4) is 0 Å². The van der Waals surface area contributed by atoms with Crippen LogP contribution in [0.25, 0.3) is 0 Å². The van der Waals surface area contributed by atoms with Gasteiger partial charge in [-0.3, -0.25) is 4.79 Å². The molecule has 1 aliphatic rings. The van der Waals surface area contributed by atoms with Crippen LogP contribution in [0.1, 0.15) is 29.5 Å². The first kappa shape index (κ1) is 19.1. The minimum atomic E-state index is 0.147. The number of carbonyl (C=O) groups is 1. The topological polar surface area (TPSA) is 48.0 Å². The smallest absolute Gasteiger partial charge is 0.227 e. The fraction of sp³-hybridized carbons (Fsp3) is 0.409. The zero-order chi connectivity index (χ0) is 19.4. The number of ether oxygens (including phenoxy) is 3. The third-order valence-corrected chi connectivity index (χ3v) is 5.01. The summed E-state index contributed by atoms with van der Waals surface area (Å²) in [4.78, 5) is 14.8. The standard InChI is InChI=1S/C22H27NO4/c1-15-7-9-18-17(12-15)6-5-11-23(18)21(24)10-8-16-13-19(25-2)22(27-4)20(14-16)26-3/h7,9,12-14H,5-6,8,10-11H2,1-4H3. The van der Waals surface area contributed by atoms with Gasteiger partial charge in [-0.2, -0.15) is 0 Å². The number of anilines is 1. The number of methoxy groups -OCH3 is 3. The zero-order valence-electron chi connectivity index (χ0n) is 16.5. The number of nitrogens with zero attached hydrogens (tertiary/aromatic N) is 1. The van der Waals surface area contributed by atoms with Crippen molar-refractivity contribution >= 4 is 11.6 Å². The van der Waals surface area contributed by atoms with Gasteiger partial charge in [0, 0.05) is 18.7 Å². The molecular formula is C22H27NO4. The van der Waals surface area contributed by atoms with Gasteiger partial charge < -0.3 is 19.1 Å². The molecule has 0 N–H and O–H groups in total. The fourth-order valence-electron chi connectivity index (χ4n) is 3.65. The molecule has 0 aromatic heterocycles. The van der Waals surface area contributed by atoms with Crippen molar-refractivity contribution in [2.45, 2.75) is 32.6 Å². The van der Waals surface area contributed by atoms with Gasteiger partial charge in [-0.1, -0.05) is 17.7 Å². The van der Waals surface area contributed by atoms with Crippen molar-refractivity contribution in [2.24, 2.45) is 0 Å². The van der Waals surface area contributed by atoms with Gasteiger partial charge in [-0.05, 0) is 55.5 Å². The molecule has 0 bridgehead atoms. The van der Waals surface area contributed by atoms with E-state index in [0.29, 0.717) is 30.1 Å². The largest absolute Gasteiger partial charge is 0.493 e. The van der Waals surface area contributed by atoms with E-state index in [1.54, 1.807) is 21.3 Å². The summed E-state index contributed by atoms with van der Waals surface area (Å²) in [6.45, 7) is 2.87. The average molecular weight is 369 g/mol. The predicted octanol–water partition coefficient (Wildman–Crippen LogP) is 3.93. The lowest BCUT2D eigenvalue weighted by Gasteiger charge is -2.30. The maximum absolute atomic E-state index is 12.9. The van der Waals surface area contributed by atoms with Gasteiger partial charge in [0.1, 0.15) is 0 Å². The van der Waals surface area contributed by atoms with Gasteiger partial charge >= 0.3 is 0 Å². The highest BCUT2D eigenvalue weighted by atomic mass is 16.5. The van der Waals surface area contributed by atoms with E-state index in [2.05, 4.69) is 25.1 Å². The first-order valence-corrected chi connectivity index (χ1v) is 9.26. The molecule has 144 valence electrons. The van der Waals surface area contributed by atoms with Crippen molar-refractivity contribution in [3.8, 4) is 17.2 Å². The first-order valence-electron chi connectivity index (χ1n) is 9.26. The molecule has 0 radical (unpaired) electrons. The Bertz CT molecular complexity index is 806. The van der Waals surface area contributed by atoms with E-state index >= 15 is 0 Å². The normalized spacial score (nSPS) is 13.1. The van der Waals surface area contributed by atoms with Gasteiger partial charge in [0.05, 0.1) is 21.3 Å². The van der Waals surface area contributed by atoms with Crippen molar-refractivity contribution < 1.29 is 19.0 Å². The summed E-state index contributed by atoms with van der Waals surface area (Å²) in [5.74, 6) is 1.93. The first-order chi connectivity index (χ1) is 13.1. The van der Waals surface area contributed by atoms with Crippen molar-refractivity contribution in [2.75, 3.05) is 32.8 Å². The molecule has 1 amide bonds. The lowest BCUT2D eigenvalue weighted by atomic mass is 9.99. The summed E-state index contributed by atoms with van der Waals surface area (Å²) in [6.07, 6.45) is 3.10. The highest BCUT2D eigenvalue weighted by Crippen LogP contribution is 2.38. The van der Waals surface area contributed by atoms with Crippen LogP contribution in [-0.2, 0) is 17.6 Å². The molecule has 0 saturated carbocycles. The number of fused-ring (bicyclic) bond motifs is 1. The molecule has 3 rings (SSSR count). The van der Waals surface area contributed by atoms with Gasteiger partial charge in [0.15, 0.2) is 11.5 Å². The Kier molecular flexibility index (Phi) is 5.89. The van der Waals surface area contributed by atoms with Crippen LogP contribution in [0.2, 0.25) is 0 Å². The molecule has 0 spiro atoms. The summed E-state index contributed by atoms with van der Waals surface area (Å²) in [5.41, 5.74) is 4.54. The third kappa shape index (κ3) is 4.02. The van der Waals surface area contributed by atoms with Gasteiger partial charge in [-0.15, -0.1) is 0 Å². The maximum atomic E-state index is 12.9. The number of amides is 1. The predicted molar refractivity (Wildman–Crippen MR) is 106 cm³/mol. The molecule has 27 heavy (non-hydrogen) atoms. The average Bonchev–Trinajstić information content (AvgIpc) is 2.70. The molecule has 1 aliphatic heterocycles. The highest BCUT2D eigenvalue weighted by Gasteiger charge is 2.22. The summed E-state index contributed by atoms with van der Waals surface area (Å²) in [7, 11) is 4.77. The SMILES string of the molecule is COc1cc(CCC(=O)N2CCCc3cc(C)ccc32)cc(OC)c1OC. The minimum Gasteiger partial charge on any atom is -0.493 e. The van der Waals surface area contributed by atoms with Crippen LogP contribution in [0.4, 0.5) is 5.69 Å². The third-order valence-electron chi connectivity index (χ3n) is 5.01. The molecule has 1 heterocycles. The van der Waals surface area contributed by atoms with Crippen LogP contribution >= 0.6 is 0 Å². The number of benzene rings is 2. The Balaban J connectivity index is 1.75. The summed E-state index contributed by atoms with van der Waals surface area (Å²) in [6, 6.07) is 10.1. The van der Waals surface area contributed by atoms with E-state index in [1.165, 1.54) is 11.1 Å². The number of hydrogen-bond donors (Lipinski definition) is 0. The Morgan fingerprint density at radius 1 is 1.04 bits per heavy atom. The van der Waals surface area contributed by atoms with Crippen LogP contribution in [-0.4, -0.2) is 33.8 Å². The Hall–Kier alpha value is -2.69. The Morgan fingerprint density at radius 3 is 2.37 bits per heavy atom. The van der Waals surface area contributed by atoms with Crippen LogP contribution in [0, 0.1) is 6.92 Å². The summed E-state index contributed by atoms with van der Waals surface area (Å²) >= 11 is 0. The minimum absolute atomic E-state index is 0.147. The molecule has 0 unspecified atom stereocenters.